The highest BCUT2D eigenvalue weighted by Gasteiger charge is 2.45. The SMILES string of the molecule is CCC1O[C@H](C)C(C)C(C)[C@@H]1O[C@@H]1OC(CO)[C@H](O)[C@@H](C)C1C. The molecule has 2 N–H and O–H groups in total. The molecule has 0 aromatic heterocycles. The van der Waals surface area contributed by atoms with Crippen LogP contribution in [0, 0.1) is 23.7 Å². The van der Waals surface area contributed by atoms with Gasteiger partial charge in [-0.25, -0.2) is 0 Å². The molecule has 0 aliphatic carbocycles. The maximum Gasteiger partial charge on any atom is 0.161 e. The highest BCUT2D eigenvalue weighted by molar-refractivity contribution is 4.90. The molecule has 2 saturated heterocycles. The van der Waals surface area contributed by atoms with Crippen molar-refractivity contribution >= 4 is 0 Å². The summed E-state index contributed by atoms with van der Waals surface area (Å²) in [4.78, 5) is 0. The predicted molar refractivity (Wildman–Crippen MR) is 87.9 cm³/mol. The Balaban J connectivity index is 2.11. The second-order valence-corrected chi connectivity index (χ2v) is 7.54. The van der Waals surface area contributed by atoms with Gasteiger partial charge in [0.2, 0.25) is 0 Å². The first-order chi connectivity index (χ1) is 10.8. The second-order valence-electron chi connectivity index (χ2n) is 7.54. The fourth-order valence-electron chi connectivity index (χ4n) is 3.82. The summed E-state index contributed by atoms with van der Waals surface area (Å²) in [5.41, 5.74) is 0. The third-order valence-electron chi connectivity index (χ3n) is 6.20. The minimum atomic E-state index is -0.657. The molecule has 2 fully saturated rings. The molecular formula is C18H34O5. The molecule has 0 spiro atoms. The molecule has 2 rings (SSSR count). The van der Waals surface area contributed by atoms with Gasteiger partial charge in [0, 0.05) is 5.92 Å². The van der Waals surface area contributed by atoms with Gasteiger partial charge in [0.25, 0.3) is 0 Å². The van der Waals surface area contributed by atoms with Crippen LogP contribution < -0.4 is 0 Å². The summed E-state index contributed by atoms with van der Waals surface area (Å²) < 4.78 is 18.3. The Morgan fingerprint density at radius 1 is 0.870 bits per heavy atom. The average Bonchev–Trinajstić information content (AvgIpc) is 2.55. The standard InChI is InChI=1S/C18H34O5/c1-7-14-17(11(4)9(2)13(6)21-14)23-18-12(5)10(3)16(20)15(8-19)22-18/h9-20H,7-8H2,1-6H3/t9?,10-,11?,12?,13+,14?,15?,16+,17-,18-/m0/s1. The van der Waals surface area contributed by atoms with Gasteiger partial charge < -0.3 is 24.4 Å². The van der Waals surface area contributed by atoms with Gasteiger partial charge >= 0.3 is 0 Å². The fraction of sp³-hybridized carbons (Fsp3) is 1.00. The van der Waals surface area contributed by atoms with Crippen molar-refractivity contribution in [2.75, 3.05) is 6.61 Å². The topological polar surface area (TPSA) is 68.2 Å². The number of hydrogen-bond donors (Lipinski definition) is 2. The van der Waals surface area contributed by atoms with Crippen LogP contribution in [0.2, 0.25) is 0 Å². The van der Waals surface area contributed by atoms with E-state index in [0.717, 1.165) is 6.42 Å². The lowest BCUT2D eigenvalue weighted by Crippen LogP contribution is -2.56. The van der Waals surface area contributed by atoms with E-state index in [1.54, 1.807) is 0 Å². The lowest BCUT2D eigenvalue weighted by atomic mass is 9.80. The Hall–Kier alpha value is -0.200. The summed E-state index contributed by atoms with van der Waals surface area (Å²) in [6, 6.07) is 0. The van der Waals surface area contributed by atoms with Crippen molar-refractivity contribution < 1.29 is 24.4 Å². The van der Waals surface area contributed by atoms with Gasteiger partial charge in [-0.2, -0.15) is 0 Å². The molecule has 5 heteroatoms. The van der Waals surface area contributed by atoms with Crippen molar-refractivity contribution in [1.82, 2.24) is 0 Å². The zero-order valence-electron chi connectivity index (χ0n) is 15.3. The third kappa shape index (κ3) is 3.74. The van der Waals surface area contributed by atoms with Gasteiger partial charge in [-0.15, -0.1) is 0 Å². The highest BCUT2D eigenvalue weighted by atomic mass is 16.7. The summed E-state index contributed by atoms with van der Waals surface area (Å²) >= 11 is 0. The summed E-state index contributed by atoms with van der Waals surface area (Å²) in [5.74, 6) is 0.863. The van der Waals surface area contributed by atoms with Gasteiger partial charge in [0.1, 0.15) is 6.10 Å². The molecule has 0 aromatic carbocycles. The van der Waals surface area contributed by atoms with Crippen LogP contribution in [0.5, 0.6) is 0 Å². The molecule has 0 saturated carbocycles. The summed E-state index contributed by atoms with van der Waals surface area (Å²) in [5, 5.41) is 19.6. The predicted octanol–water partition coefficient (Wildman–Crippen LogP) is 2.19. The average molecular weight is 330 g/mol. The smallest absolute Gasteiger partial charge is 0.161 e. The molecular weight excluding hydrogens is 296 g/mol. The van der Waals surface area contributed by atoms with E-state index in [9.17, 15) is 10.2 Å². The zero-order chi connectivity index (χ0) is 17.3. The van der Waals surface area contributed by atoms with E-state index in [1.807, 2.05) is 13.8 Å². The number of ether oxygens (including phenoxy) is 3. The van der Waals surface area contributed by atoms with Crippen molar-refractivity contribution in [2.45, 2.75) is 84.8 Å². The summed E-state index contributed by atoms with van der Waals surface area (Å²) in [7, 11) is 0. The molecule has 0 aromatic rings. The molecule has 10 atom stereocenters. The van der Waals surface area contributed by atoms with Crippen LogP contribution in [0.3, 0.4) is 0 Å². The van der Waals surface area contributed by atoms with E-state index in [0.29, 0.717) is 11.8 Å². The Labute approximate surface area is 140 Å². The fourth-order valence-corrected chi connectivity index (χ4v) is 3.82. The van der Waals surface area contributed by atoms with E-state index >= 15 is 0 Å². The Morgan fingerprint density at radius 3 is 2.09 bits per heavy atom. The molecule has 0 bridgehead atoms. The van der Waals surface area contributed by atoms with E-state index in [2.05, 4.69) is 27.7 Å². The molecule has 5 nitrogen and oxygen atoms in total. The van der Waals surface area contributed by atoms with Crippen LogP contribution in [0.15, 0.2) is 0 Å². The maximum atomic E-state index is 10.2. The zero-order valence-corrected chi connectivity index (χ0v) is 15.3. The second kappa shape index (κ2) is 7.79. The Bertz CT molecular complexity index is 372. The monoisotopic (exact) mass is 330 g/mol. The van der Waals surface area contributed by atoms with Crippen molar-refractivity contribution in [1.29, 1.82) is 0 Å². The van der Waals surface area contributed by atoms with Gasteiger partial charge in [0.05, 0.1) is 31.0 Å². The van der Waals surface area contributed by atoms with Crippen LogP contribution in [-0.2, 0) is 14.2 Å². The minimum absolute atomic E-state index is 0.0159. The first-order valence-corrected chi connectivity index (χ1v) is 9.07. The van der Waals surface area contributed by atoms with Crippen LogP contribution in [-0.4, -0.2) is 53.6 Å². The molecule has 23 heavy (non-hydrogen) atoms. The van der Waals surface area contributed by atoms with E-state index in [1.165, 1.54) is 0 Å². The van der Waals surface area contributed by atoms with Crippen LogP contribution in [0.25, 0.3) is 0 Å². The molecule has 5 unspecified atom stereocenters. The molecule has 2 aliphatic heterocycles. The number of aliphatic hydroxyl groups is 2. The first kappa shape index (κ1) is 19.1. The number of aliphatic hydroxyl groups excluding tert-OH is 2. The molecule has 2 aliphatic rings. The normalized spacial score (nSPS) is 51.7. The molecule has 0 amide bonds. The van der Waals surface area contributed by atoms with Crippen molar-refractivity contribution in [2.24, 2.45) is 23.7 Å². The summed E-state index contributed by atoms with van der Waals surface area (Å²) in [6.07, 6.45) is -0.503. The molecule has 2 heterocycles. The van der Waals surface area contributed by atoms with Gasteiger partial charge in [-0.05, 0) is 31.1 Å². The van der Waals surface area contributed by atoms with Crippen molar-refractivity contribution in [3.8, 4) is 0 Å². The van der Waals surface area contributed by atoms with Crippen LogP contribution in [0.1, 0.15) is 48.0 Å². The van der Waals surface area contributed by atoms with Crippen molar-refractivity contribution in [3.63, 3.8) is 0 Å². The minimum Gasteiger partial charge on any atom is -0.394 e. The molecule has 0 radical (unpaired) electrons. The number of rotatable bonds is 4. The largest absolute Gasteiger partial charge is 0.394 e. The van der Waals surface area contributed by atoms with E-state index in [-0.39, 0.29) is 36.8 Å². The van der Waals surface area contributed by atoms with Gasteiger partial charge in [-0.1, -0.05) is 34.6 Å². The van der Waals surface area contributed by atoms with Gasteiger partial charge in [0.15, 0.2) is 6.29 Å². The number of hydrogen-bond acceptors (Lipinski definition) is 5. The van der Waals surface area contributed by atoms with Crippen LogP contribution >= 0.6 is 0 Å². The molecule has 136 valence electrons. The lowest BCUT2D eigenvalue weighted by molar-refractivity contribution is -0.310. The van der Waals surface area contributed by atoms with E-state index < -0.39 is 18.5 Å². The third-order valence-corrected chi connectivity index (χ3v) is 6.20. The first-order valence-electron chi connectivity index (χ1n) is 9.07. The summed E-state index contributed by atoms with van der Waals surface area (Å²) in [6.45, 7) is 12.5. The lowest BCUT2D eigenvalue weighted by Gasteiger charge is -2.48. The van der Waals surface area contributed by atoms with E-state index in [4.69, 9.17) is 14.2 Å². The van der Waals surface area contributed by atoms with Crippen molar-refractivity contribution in [3.05, 3.63) is 0 Å². The quantitative estimate of drug-likeness (QED) is 0.827. The Kier molecular flexibility index (Phi) is 6.48. The van der Waals surface area contributed by atoms with Crippen LogP contribution in [0.4, 0.5) is 0 Å². The highest BCUT2D eigenvalue weighted by Crippen LogP contribution is 2.38. The maximum absolute atomic E-state index is 10.2. The Morgan fingerprint density at radius 2 is 1.52 bits per heavy atom. The van der Waals surface area contributed by atoms with Gasteiger partial charge in [-0.3, -0.25) is 0 Å².